The van der Waals surface area contributed by atoms with E-state index in [-0.39, 0.29) is 0 Å². The van der Waals surface area contributed by atoms with Crippen molar-refractivity contribution in [1.82, 2.24) is 20.0 Å². The highest BCUT2D eigenvalue weighted by atomic mass is 35.5. The Bertz CT molecular complexity index is 741. The average molecular weight is 435 g/mol. The molecule has 2 aliphatic heterocycles. The molecular weight excluding hydrogens is 403 g/mol. The highest BCUT2D eigenvalue weighted by molar-refractivity contribution is 6.30. The molecule has 2 saturated heterocycles. The minimum Gasteiger partial charge on any atom is -0.314 e. The summed E-state index contributed by atoms with van der Waals surface area (Å²) in [5.74, 6) is 0. The van der Waals surface area contributed by atoms with Crippen LogP contribution >= 0.6 is 23.2 Å². The molecule has 0 radical (unpaired) electrons. The van der Waals surface area contributed by atoms with Crippen LogP contribution in [0.4, 0.5) is 0 Å². The van der Waals surface area contributed by atoms with Gasteiger partial charge in [0, 0.05) is 75.5 Å². The lowest BCUT2D eigenvalue weighted by Gasteiger charge is -2.32. The van der Waals surface area contributed by atoms with Gasteiger partial charge in [0.25, 0.3) is 0 Å². The molecule has 158 valence electrons. The zero-order valence-electron chi connectivity index (χ0n) is 17.3. The second-order valence-corrected chi connectivity index (χ2v) is 8.74. The third-order valence-electron chi connectivity index (χ3n) is 5.40. The summed E-state index contributed by atoms with van der Waals surface area (Å²) in [4.78, 5) is 7.29. The fourth-order valence-corrected chi connectivity index (χ4v) is 4.09. The van der Waals surface area contributed by atoms with E-state index in [9.17, 15) is 0 Å². The van der Waals surface area contributed by atoms with Crippen molar-refractivity contribution in [3.63, 3.8) is 0 Å². The molecule has 4 nitrogen and oxygen atoms in total. The Balaban J connectivity index is 0.000000166. The van der Waals surface area contributed by atoms with E-state index in [1.165, 1.54) is 24.2 Å². The maximum absolute atomic E-state index is 5.96. The highest BCUT2D eigenvalue weighted by Crippen LogP contribution is 2.14. The molecule has 0 aromatic heterocycles. The highest BCUT2D eigenvalue weighted by Gasteiger charge is 2.13. The summed E-state index contributed by atoms with van der Waals surface area (Å²) in [5.41, 5.74) is 2.62. The van der Waals surface area contributed by atoms with E-state index in [0.717, 1.165) is 62.4 Å². The molecule has 0 bridgehead atoms. The van der Waals surface area contributed by atoms with Crippen molar-refractivity contribution >= 4 is 23.2 Å². The van der Waals surface area contributed by atoms with Crippen molar-refractivity contribution in [2.75, 3.05) is 59.4 Å². The van der Waals surface area contributed by atoms with Gasteiger partial charge >= 0.3 is 0 Å². The van der Waals surface area contributed by atoms with Gasteiger partial charge in [-0.25, -0.2) is 0 Å². The van der Waals surface area contributed by atoms with Crippen LogP contribution in [0.25, 0.3) is 0 Å². The Labute approximate surface area is 185 Å². The van der Waals surface area contributed by atoms with Gasteiger partial charge in [-0.15, -0.1) is 0 Å². The molecule has 0 atom stereocenters. The fourth-order valence-electron chi connectivity index (χ4n) is 3.66. The lowest BCUT2D eigenvalue weighted by atomic mass is 10.2. The zero-order chi connectivity index (χ0) is 20.5. The number of hydrogen-bond acceptors (Lipinski definition) is 4. The zero-order valence-corrected chi connectivity index (χ0v) is 18.8. The van der Waals surface area contributed by atoms with Crippen LogP contribution in [-0.2, 0) is 13.1 Å². The monoisotopic (exact) mass is 434 g/mol. The van der Waals surface area contributed by atoms with Crippen molar-refractivity contribution in [3.8, 4) is 0 Å². The molecule has 0 amide bonds. The number of piperazine rings is 2. The van der Waals surface area contributed by atoms with Gasteiger partial charge in [-0.2, -0.15) is 0 Å². The normalized spacial score (nSPS) is 18.9. The molecule has 2 aromatic carbocycles. The smallest absolute Gasteiger partial charge is 0.0409 e. The van der Waals surface area contributed by atoms with Crippen molar-refractivity contribution in [2.24, 2.45) is 0 Å². The minimum atomic E-state index is 0.831. The average Bonchev–Trinajstić information content (AvgIpc) is 2.71. The van der Waals surface area contributed by atoms with Gasteiger partial charge in [0.15, 0.2) is 0 Å². The van der Waals surface area contributed by atoms with Crippen molar-refractivity contribution < 1.29 is 0 Å². The van der Waals surface area contributed by atoms with Crippen LogP contribution in [0.5, 0.6) is 0 Å². The van der Waals surface area contributed by atoms with Crippen LogP contribution in [-0.4, -0.2) is 74.1 Å². The van der Waals surface area contributed by atoms with Crippen LogP contribution in [0.15, 0.2) is 48.5 Å². The molecule has 6 heteroatoms. The molecule has 2 aliphatic rings. The molecule has 0 saturated carbocycles. The van der Waals surface area contributed by atoms with Gasteiger partial charge < -0.3 is 10.2 Å². The Morgan fingerprint density at radius 2 is 1.21 bits per heavy atom. The lowest BCUT2D eigenvalue weighted by molar-refractivity contribution is 0.148. The second kappa shape index (κ2) is 11.9. The molecule has 2 heterocycles. The summed E-state index contributed by atoms with van der Waals surface area (Å²) in [6.07, 6.45) is 0. The van der Waals surface area contributed by atoms with Crippen LogP contribution in [0.3, 0.4) is 0 Å². The first kappa shape index (κ1) is 22.5. The minimum absolute atomic E-state index is 0.831. The standard InChI is InChI=1S/C12H17ClN2.C11H15ClN2/c1-14-5-7-15(8-6-14)10-11-3-2-4-12(13)9-11;12-11-3-1-2-10(8-11)9-14-6-4-13-5-7-14/h2-4,9H,5-8,10H2,1H3;1-3,8,13H,4-7,9H2. The molecule has 0 spiro atoms. The summed E-state index contributed by atoms with van der Waals surface area (Å²) < 4.78 is 0. The molecular formula is C23H32Cl2N4. The van der Waals surface area contributed by atoms with Gasteiger partial charge in [-0.3, -0.25) is 9.80 Å². The van der Waals surface area contributed by atoms with Gasteiger partial charge in [0.05, 0.1) is 0 Å². The Morgan fingerprint density at radius 1 is 0.724 bits per heavy atom. The number of nitrogens with zero attached hydrogens (tertiary/aromatic N) is 3. The first-order valence-electron chi connectivity index (χ1n) is 10.4. The number of halogens is 2. The third-order valence-corrected chi connectivity index (χ3v) is 5.87. The van der Waals surface area contributed by atoms with Gasteiger partial charge in [0.1, 0.15) is 0 Å². The molecule has 29 heavy (non-hydrogen) atoms. The first-order chi connectivity index (χ1) is 14.1. The predicted octanol–water partition coefficient (Wildman–Crippen LogP) is 3.83. The van der Waals surface area contributed by atoms with Crippen LogP contribution in [0.2, 0.25) is 10.0 Å². The van der Waals surface area contributed by atoms with Crippen molar-refractivity contribution in [1.29, 1.82) is 0 Å². The van der Waals surface area contributed by atoms with E-state index >= 15 is 0 Å². The van der Waals surface area contributed by atoms with E-state index in [4.69, 9.17) is 23.2 Å². The van der Waals surface area contributed by atoms with Crippen molar-refractivity contribution in [2.45, 2.75) is 13.1 Å². The number of likely N-dealkylation sites (N-methyl/N-ethyl adjacent to an activating group) is 1. The van der Waals surface area contributed by atoms with E-state index < -0.39 is 0 Å². The molecule has 0 unspecified atom stereocenters. The van der Waals surface area contributed by atoms with Crippen molar-refractivity contribution in [3.05, 3.63) is 69.7 Å². The summed E-state index contributed by atoms with van der Waals surface area (Å²) in [5, 5.41) is 5.01. The summed E-state index contributed by atoms with van der Waals surface area (Å²) in [6, 6.07) is 16.3. The topological polar surface area (TPSA) is 21.8 Å². The largest absolute Gasteiger partial charge is 0.314 e. The fraction of sp³-hybridized carbons (Fsp3) is 0.478. The SMILES string of the molecule is CN1CCN(Cc2cccc(Cl)c2)CC1.Clc1cccc(CN2CCNCC2)c1. The van der Waals surface area contributed by atoms with Gasteiger partial charge in [-0.1, -0.05) is 47.5 Å². The van der Waals surface area contributed by atoms with E-state index in [1.807, 2.05) is 30.3 Å². The number of nitrogens with one attached hydrogen (secondary N) is 1. The number of hydrogen-bond donors (Lipinski definition) is 1. The molecule has 0 aliphatic carbocycles. The Morgan fingerprint density at radius 3 is 1.69 bits per heavy atom. The van der Waals surface area contributed by atoms with E-state index in [2.05, 4.69) is 45.3 Å². The summed E-state index contributed by atoms with van der Waals surface area (Å²) >= 11 is 11.9. The Hall–Kier alpha value is -1.14. The van der Waals surface area contributed by atoms with Gasteiger partial charge in [0.2, 0.25) is 0 Å². The summed E-state index contributed by atoms with van der Waals surface area (Å²) in [6.45, 7) is 11.1. The number of benzene rings is 2. The summed E-state index contributed by atoms with van der Waals surface area (Å²) in [7, 11) is 2.18. The molecule has 4 rings (SSSR count). The van der Waals surface area contributed by atoms with Gasteiger partial charge in [-0.05, 0) is 42.4 Å². The molecule has 2 aromatic rings. The molecule has 1 N–H and O–H groups in total. The number of rotatable bonds is 4. The quantitative estimate of drug-likeness (QED) is 0.788. The third kappa shape index (κ3) is 8.25. The second-order valence-electron chi connectivity index (χ2n) is 7.87. The lowest BCUT2D eigenvalue weighted by Crippen LogP contribution is -2.43. The predicted molar refractivity (Wildman–Crippen MR) is 124 cm³/mol. The van der Waals surface area contributed by atoms with E-state index in [1.54, 1.807) is 0 Å². The van der Waals surface area contributed by atoms with Crippen LogP contribution in [0, 0.1) is 0 Å². The maximum Gasteiger partial charge on any atom is 0.0409 e. The Kier molecular flexibility index (Phi) is 9.25. The van der Waals surface area contributed by atoms with E-state index in [0.29, 0.717) is 0 Å². The molecule has 2 fully saturated rings. The van der Waals surface area contributed by atoms with Crippen LogP contribution in [0.1, 0.15) is 11.1 Å². The van der Waals surface area contributed by atoms with Crippen LogP contribution < -0.4 is 5.32 Å². The maximum atomic E-state index is 5.96. The first-order valence-corrected chi connectivity index (χ1v) is 11.2.